The van der Waals surface area contributed by atoms with Crippen molar-refractivity contribution in [2.75, 3.05) is 26.4 Å². The standard InChI is InChI=1S/C82H147NO18/c1-3-5-7-9-11-13-15-17-19-21-23-25-27-29-31-32-34-36-38-40-42-44-46-48-50-52-54-56-58-60-70(88)83-65(66(87)59-57-55-53-51-49-47-45-43-41-39-37-35-33-30-28-26-24-22-20-18-16-14-12-10-8-6-4-2)64-96-80-76(94)73(91)78(68(62-85)98-80)101-82-77(95)74(92)79(69(63-86)99-82)100-81-75(93)72(90)71(89)67(61-84)97-81/h15,17,21,23,27,29,41,43,49,51,57,59,65-69,71-82,84-87,89-95H,3-14,16,18-20,22,24-26,28,30-40,42,44-48,50,52-56,58,60-64H2,1-2H3,(H,83,88)/b17-15-,23-21-,29-27-,43-41+,51-49+,59-57+. The zero-order valence-corrected chi connectivity index (χ0v) is 62.9. The minimum Gasteiger partial charge on any atom is -0.394 e. The predicted molar refractivity (Wildman–Crippen MR) is 401 cm³/mol. The van der Waals surface area contributed by atoms with Crippen LogP contribution in [0.2, 0.25) is 0 Å². The van der Waals surface area contributed by atoms with Crippen molar-refractivity contribution in [3.05, 3.63) is 72.9 Å². The van der Waals surface area contributed by atoms with Crippen molar-refractivity contribution in [1.29, 1.82) is 0 Å². The average molecular weight is 1440 g/mol. The Morgan fingerprint density at radius 2 is 0.663 bits per heavy atom. The van der Waals surface area contributed by atoms with Gasteiger partial charge in [-0.1, -0.05) is 292 Å². The Balaban J connectivity index is 1.40. The SMILES string of the molecule is CCCCCCC/C=C\C/C=C\C/C=C\CCCCCCCCCCCCCCCCC(=O)NC(COC1OC(CO)C(OC2OC(CO)C(OC3OC(CO)C(O)C(O)C3O)C(O)C2O)C(O)C1O)C(O)/C=C/CC/C=C/CC/C=C/CCCCCCCCCCCCCCCCCCC. The van der Waals surface area contributed by atoms with Gasteiger partial charge in [-0.25, -0.2) is 0 Å². The van der Waals surface area contributed by atoms with Crippen LogP contribution >= 0.6 is 0 Å². The van der Waals surface area contributed by atoms with Gasteiger partial charge in [0.2, 0.25) is 5.91 Å². The molecular weight excluding hydrogens is 1290 g/mol. The first-order chi connectivity index (χ1) is 49.3. The molecule has 588 valence electrons. The fourth-order valence-electron chi connectivity index (χ4n) is 13.4. The average Bonchev–Trinajstić information content (AvgIpc) is 0.796. The van der Waals surface area contributed by atoms with E-state index < -0.39 is 124 Å². The fourth-order valence-corrected chi connectivity index (χ4v) is 13.4. The lowest BCUT2D eigenvalue weighted by Gasteiger charge is -2.48. The van der Waals surface area contributed by atoms with Crippen molar-refractivity contribution in [3.8, 4) is 0 Å². The highest BCUT2D eigenvalue weighted by atomic mass is 16.8. The van der Waals surface area contributed by atoms with Crippen molar-refractivity contribution in [1.82, 2.24) is 5.32 Å². The molecule has 3 aliphatic rings. The van der Waals surface area contributed by atoms with Gasteiger partial charge in [0.15, 0.2) is 18.9 Å². The Morgan fingerprint density at radius 1 is 0.356 bits per heavy atom. The molecule has 12 N–H and O–H groups in total. The third-order valence-corrected chi connectivity index (χ3v) is 20.0. The van der Waals surface area contributed by atoms with Crippen molar-refractivity contribution in [2.24, 2.45) is 0 Å². The smallest absolute Gasteiger partial charge is 0.220 e. The molecule has 0 aliphatic carbocycles. The topological polar surface area (TPSA) is 307 Å². The molecule has 17 atom stereocenters. The zero-order chi connectivity index (χ0) is 73.2. The van der Waals surface area contributed by atoms with Gasteiger partial charge in [0, 0.05) is 6.42 Å². The van der Waals surface area contributed by atoms with E-state index >= 15 is 0 Å². The van der Waals surface area contributed by atoms with Crippen molar-refractivity contribution < 1.29 is 89.4 Å². The van der Waals surface area contributed by atoms with Crippen molar-refractivity contribution in [3.63, 3.8) is 0 Å². The molecule has 1 amide bonds. The maximum Gasteiger partial charge on any atom is 0.220 e. The number of hydrogen-bond acceptors (Lipinski definition) is 18. The van der Waals surface area contributed by atoms with Gasteiger partial charge >= 0.3 is 0 Å². The number of ether oxygens (including phenoxy) is 6. The van der Waals surface area contributed by atoms with E-state index in [-0.39, 0.29) is 18.9 Å². The highest BCUT2D eigenvalue weighted by molar-refractivity contribution is 5.76. The van der Waals surface area contributed by atoms with Gasteiger partial charge in [0.05, 0.1) is 38.6 Å². The van der Waals surface area contributed by atoms with Crippen LogP contribution in [0.3, 0.4) is 0 Å². The molecule has 0 bridgehead atoms. The van der Waals surface area contributed by atoms with Crippen LogP contribution in [-0.4, -0.2) is 193 Å². The Hall–Kier alpha value is -2.77. The van der Waals surface area contributed by atoms with E-state index in [0.29, 0.717) is 12.8 Å². The van der Waals surface area contributed by atoms with Crippen LogP contribution in [0.4, 0.5) is 0 Å². The van der Waals surface area contributed by atoms with Gasteiger partial charge in [-0.05, 0) is 83.5 Å². The summed E-state index contributed by atoms with van der Waals surface area (Å²) in [5.74, 6) is -0.289. The van der Waals surface area contributed by atoms with Gasteiger partial charge in [-0.2, -0.15) is 0 Å². The normalized spacial score (nSPS) is 26.7. The number of hydrogen-bond donors (Lipinski definition) is 12. The molecule has 0 aromatic rings. The van der Waals surface area contributed by atoms with Crippen molar-refractivity contribution >= 4 is 5.91 Å². The molecule has 3 aliphatic heterocycles. The fraction of sp³-hybridized carbons (Fsp3) is 0.841. The van der Waals surface area contributed by atoms with Crippen LogP contribution in [0.15, 0.2) is 72.9 Å². The van der Waals surface area contributed by atoms with E-state index in [2.05, 4.69) is 79.9 Å². The third kappa shape index (κ3) is 42.4. The van der Waals surface area contributed by atoms with Crippen LogP contribution < -0.4 is 5.32 Å². The summed E-state index contributed by atoms with van der Waals surface area (Å²) >= 11 is 0. The van der Waals surface area contributed by atoms with E-state index in [1.54, 1.807) is 6.08 Å². The van der Waals surface area contributed by atoms with Gasteiger partial charge in [0.1, 0.15) is 73.2 Å². The molecule has 17 unspecified atom stereocenters. The molecule has 19 nitrogen and oxygen atoms in total. The second-order valence-corrected chi connectivity index (χ2v) is 28.9. The summed E-state index contributed by atoms with van der Waals surface area (Å²) in [5.41, 5.74) is 0. The van der Waals surface area contributed by atoms with Crippen LogP contribution in [0, 0.1) is 0 Å². The molecule has 0 radical (unpaired) electrons. The molecule has 3 rings (SSSR count). The summed E-state index contributed by atoms with van der Waals surface area (Å²) in [5, 5.41) is 121. The summed E-state index contributed by atoms with van der Waals surface area (Å²) in [4.78, 5) is 13.5. The summed E-state index contributed by atoms with van der Waals surface area (Å²) in [7, 11) is 0. The zero-order valence-electron chi connectivity index (χ0n) is 62.9. The molecule has 3 heterocycles. The number of amides is 1. The monoisotopic (exact) mass is 1430 g/mol. The van der Waals surface area contributed by atoms with Crippen molar-refractivity contribution in [2.45, 2.75) is 413 Å². The first-order valence-electron chi connectivity index (χ1n) is 40.7. The van der Waals surface area contributed by atoms with Crippen LogP contribution in [0.5, 0.6) is 0 Å². The largest absolute Gasteiger partial charge is 0.394 e. The molecule has 0 spiro atoms. The second-order valence-electron chi connectivity index (χ2n) is 28.9. The molecular formula is C82H147NO18. The van der Waals surface area contributed by atoms with Gasteiger partial charge in [-0.3, -0.25) is 4.79 Å². The van der Waals surface area contributed by atoms with Crippen LogP contribution in [-0.2, 0) is 33.2 Å². The number of rotatable bonds is 64. The molecule has 0 aromatic carbocycles. The number of aliphatic hydroxyl groups is 11. The number of aliphatic hydroxyl groups excluding tert-OH is 11. The van der Waals surface area contributed by atoms with E-state index in [0.717, 1.165) is 57.8 Å². The molecule has 0 saturated carbocycles. The number of carbonyl (C=O) groups excluding carboxylic acids is 1. The number of unbranched alkanes of at least 4 members (excludes halogenated alkanes) is 38. The van der Waals surface area contributed by atoms with E-state index in [4.69, 9.17) is 28.4 Å². The predicted octanol–water partition coefficient (Wildman–Crippen LogP) is 13.6. The van der Waals surface area contributed by atoms with Gasteiger partial charge in [-0.15, -0.1) is 0 Å². The van der Waals surface area contributed by atoms with E-state index in [9.17, 15) is 61.0 Å². The highest BCUT2D eigenvalue weighted by Crippen LogP contribution is 2.33. The van der Waals surface area contributed by atoms with Gasteiger partial charge in [0.25, 0.3) is 0 Å². The summed E-state index contributed by atoms with van der Waals surface area (Å²) in [6, 6.07) is -1.00. The van der Waals surface area contributed by atoms with E-state index in [1.165, 1.54) is 218 Å². The lowest BCUT2D eigenvalue weighted by atomic mass is 9.96. The number of allylic oxidation sites excluding steroid dienone is 11. The summed E-state index contributed by atoms with van der Waals surface area (Å²) in [6.07, 6.45) is 54.6. The number of carbonyl (C=O) groups is 1. The summed E-state index contributed by atoms with van der Waals surface area (Å²) in [6.45, 7) is 1.73. The maximum absolute atomic E-state index is 13.5. The first kappa shape index (κ1) is 92.4. The minimum atomic E-state index is -1.99. The maximum atomic E-state index is 13.5. The Labute approximate surface area is 610 Å². The second kappa shape index (κ2) is 62.3. The minimum absolute atomic E-state index is 0.229. The molecule has 3 saturated heterocycles. The lowest BCUT2D eigenvalue weighted by molar-refractivity contribution is -0.379. The Morgan fingerprint density at radius 3 is 1.06 bits per heavy atom. The Bertz CT molecular complexity index is 2110. The molecule has 0 aromatic heterocycles. The number of nitrogens with one attached hydrogen (secondary N) is 1. The highest BCUT2D eigenvalue weighted by Gasteiger charge is 2.54. The Kier molecular flexibility index (Phi) is 57.0. The van der Waals surface area contributed by atoms with E-state index in [1.807, 2.05) is 6.08 Å². The van der Waals surface area contributed by atoms with Gasteiger partial charge < -0.3 is 89.9 Å². The quantitative estimate of drug-likeness (QED) is 0.0199. The van der Waals surface area contributed by atoms with Crippen LogP contribution in [0.1, 0.15) is 309 Å². The third-order valence-electron chi connectivity index (χ3n) is 20.0. The summed E-state index contributed by atoms with van der Waals surface area (Å²) < 4.78 is 34.4. The lowest BCUT2D eigenvalue weighted by Crippen LogP contribution is -2.66. The molecule has 3 fully saturated rings. The first-order valence-corrected chi connectivity index (χ1v) is 40.7. The molecule has 101 heavy (non-hydrogen) atoms. The molecule has 19 heteroatoms. The van der Waals surface area contributed by atoms with Crippen LogP contribution in [0.25, 0.3) is 0 Å².